The van der Waals surface area contributed by atoms with Gasteiger partial charge in [-0.2, -0.15) is 0 Å². The molecular weight excluding hydrogens is 256 g/mol. The molecule has 0 aliphatic rings. The lowest BCUT2D eigenvalue weighted by atomic mass is 9.88. The van der Waals surface area contributed by atoms with Gasteiger partial charge in [0.25, 0.3) is 0 Å². The summed E-state index contributed by atoms with van der Waals surface area (Å²) < 4.78 is 5.98. The lowest BCUT2D eigenvalue weighted by molar-refractivity contribution is 0.410. The normalized spacial score (nSPS) is 11.5. The molecular formula is C20H26O. The highest BCUT2D eigenvalue weighted by Crippen LogP contribution is 2.27. The van der Waals surface area contributed by atoms with Gasteiger partial charge in [0.1, 0.15) is 11.5 Å². The molecule has 0 spiro atoms. The molecule has 0 N–H and O–H groups in total. The summed E-state index contributed by atoms with van der Waals surface area (Å²) >= 11 is 0. The van der Waals surface area contributed by atoms with E-state index >= 15 is 0 Å². The second-order valence-corrected chi connectivity index (χ2v) is 7.17. The minimum Gasteiger partial charge on any atom is -0.457 e. The fourth-order valence-corrected chi connectivity index (χ4v) is 2.48. The quantitative estimate of drug-likeness (QED) is 0.671. The zero-order valence-corrected chi connectivity index (χ0v) is 14.1. The summed E-state index contributed by atoms with van der Waals surface area (Å²) in [5, 5.41) is 0. The number of ether oxygens (including phenoxy) is 1. The summed E-state index contributed by atoms with van der Waals surface area (Å²) in [6, 6.07) is 12.6. The standard InChI is InChI=1S/C20H26O/c1-14-11-19(12-15(2)16(14)3)21-18-9-7-17(8-10-18)13-20(4,5)6/h7-12H,13H2,1-6H3. The van der Waals surface area contributed by atoms with Crippen LogP contribution < -0.4 is 4.74 Å². The van der Waals surface area contributed by atoms with Crippen LogP contribution in [-0.2, 0) is 6.42 Å². The van der Waals surface area contributed by atoms with E-state index < -0.39 is 0 Å². The third-order valence-electron chi connectivity index (χ3n) is 3.79. The number of rotatable bonds is 3. The van der Waals surface area contributed by atoms with E-state index in [4.69, 9.17) is 4.74 Å². The van der Waals surface area contributed by atoms with E-state index in [9.17, 15) is 0 Å². The predicted octanol–water partition coefficient (Wildman–Crippen LogP) is 5.99. The van der Waals surface area contributed by atoms with E-state index in [1.807, 2.05) is 0 Å². The van der Waals surface area contributed by atoms with E-state index in [0.717, 1.165) is 17.9 Å². The molecule has 0 aromatic heterocycles. The zero-order chi connectivity index (χ0) is 15.6. The minimum atomic E-state index is 0.313. The van der Waals surface area contributed by atoms with Crippen molar-refractivity contribution in [3.63, 3.8) is 0 Å². The number of benzene rings is 2. The maximum Gasteiger partial charge on any atom is 0.127 e. The molecule has 0 aliphatic carbocycles. The minimum absolute atomic E-state index is 0.313. The predicted molar refractivity (Wildman–Crippen MR) is 90.3 cm³/mol. The van der Waals surface area contributed by atoms with Crippen molar-refractivity contribution in [2.24, 2.45) is 5.41 Å². The van der Waals surface area contributed by atoms with E-state index in [2.05, 4.69) is 77.9 Å². The van der Waals surface area contributed by atoms with E-state index in [0.29, 0.717) is 5.41 Å². The molecule has 2 aromatic carbocycles. The van der Waals surface area contributed by atoms with Gasteiger partial charge in [0.05, 0.1) is 0 Å². The van der Waals surface area contributed by atoms with Crippen molar-refractivity contribution in [2.45, 2.75) is 48.0 Å². The first-order chi connectivity index (χ1) is 9.74. The van der Waals surface area contributed by atoms with Gasteiger partial charge in [-0.05, 0) is 79.1 Å². The lowest BCUT2D eigenvalue weighted by Crippen LogP contribution is -2.08. The smallest absolute Gasteiger partial charge is 0.127 e. The Hall–Kier alpha value is -1.76. The summed E-state index contributed by atoms with van der Waals surface area (Å²) in [6.45, 7) is 13.2. The average Bonchev–Trinajstić information content (AvgIpc) is 2.36. The summed E-state index contributed by atoms with van der Waals surface area (Å²) in [5.74, 6) is 1.81. The second kappa shape index (κ2) is 5.93. The van der Waals surface area contributed by atoms with Gasteiger partial charge in [-0.15, -0.1) is 0 Å². The van der Waals surface area contributed by atoms with Gasteiger partial charge in [-0.3, -0.25) is 0 Å². The van der Waals surface area contributed by atoms with Crippen LogP contribution in [0.5, 0.6) is 11.5 Å². The van der Waals surface area contributed by atoms with Crippen molar-refractivity contribution in [1.82, 2.24) is 0 Å². The lowest BCUT2D eigenvalue weighted by Gasteiger charge is -2.18. The zero-order valence-electron chi connectivity index (χ0n) is 14.1. The van der Waals surface area contributed by atoms with Gasteiger partial charge in [-0.25, -0.2) is 0 Å². The largest absolute Gasteiger partial charge is 0.457 e. The second-order valence-electron chi connectivity index (χ2n) is 7.17. The van der Waals surface area contributed by atoms with Crippen LogP contribution in [0.25, 0.3) is 0 Å². The number of hydrogen-bond acceptors (Lipinski definition) is 1. The van der Waals surface area contributed by atoms with Crippen LogP contribution in [0.4, 0.5) is 0 Å². The van der Waals surface area contributed by atoms with Crippen LogP contribution in [0, 0.1) is 26.2 Å². The molecule has 1 heteroatoms. The van der Waals surface area contributed by atoms with E-state index in [-0.39, 0.29) is 0 Å². The highest BCUT2D eigenvalue weighted by Gasteiger charge is 2.11. The summed E-state index contributed by atoms with van der Waals surface area (Å²) in [6.07, 6.45) is 1.08. The fraction of sp³-hybridized carbons (Fsp3) is 0.400. The molecule has 0 atom stereocenters. The third-order valence-corrected chi connectivity index (χ3v) is 3.79. The van der Waals surface area contributed by atoms with Crippen molar-refractivity contribution in [1.29, 1.82) is 0 Å². The molecule has 0 fully saturated rings. The monoisotopic (exact) mass is 282 g/mol. The van der Waals surface area contributed by atoms with Gasteiger partial charge in [-0.1, -0.05) is 32.9 Å². The van der Waals surface area contributed by atoms with Gasteiger partial charge in [0, 0.05) is 0 Å². The molecule has 0 heterocycles. The van der Waals surface area contributed by atoms with Crippen LogP contribution >= 0.6 is 0 Å². The fourth-order valence-electron chi connectivity index (χ4n) is 2.48. The Kier molecular flexibility index (Phi) is 4.41. The molecule has 2 rings (SSSR count). The summed E-state index contributed by atoms with van der Waals surface area (Å²) in [7, 11) is 0. The van der Waals surface area contributed by atoms with Crippen LogP contribution in [0.3, 0.4) is 0 Å². The average molecular weight is 282 g/mol. The van der Waals surface area contributed by atoms with Crippen molar-refractivity contribution >= 4 is 0 Å². The molecule has 0 saturated carbocycles. The first kappa shape index (κ1) is 15.6. The Morgan fingerprint density at radius 1 is 0.810 bits per heavy atom. The number of hydrogen-bond donors (Lipinski definition) is 0. The van der Waals surface area contributed by atoms with Crippen LogP contribution in [0.15, 0.2) is 36.4 Å². The van der Waals surface area contributed by atoms with Crippen molar-refractivity contribution in [2.75, 3.05) is 0 Å². The van der Waals surface area contributed by atoms with Crippen LogP contribution in [0.1, 0.15) is 43.0 Å². The Labute approximate surface area is 129 Å². The van der Waals surface area contributed by atoms with E-state index in [1.54, 1.807) is 0 Å². The Morgan fingerprint density at radius 3 is 1.81 bits per heavy atom. The highest BCUT2D eigenvalue weighted by atomic mass is 16.5. The van der Waals surface area contributed by atoms with Gasteiger partial charge < -0.3 is 4.74 Å². The van der Waals surface area contributed by atoms with E-state index in [1.165, 1.54) is 22.3 Å². The molecule has 0 aliphatic heterocycles. The summed E-state index contributed by atoms with van der Waals surface area (Å²) in [5.41, 5.74) is 5.55. The van der Waals surface area contributed by atoms with Crippen molar-refractivity contribution in [3.05, 3.63) is 58.7 Å². The molecule has 0 bridgehead atoms. The van der Waals surface area contributed by atoms with Crippen LogP contribution in [-0.4, -0.2) is 0 Å². The Morgan fingerprint density at radius 2 is 1.33 bits per heavy atom. The highest BCUT2D eigenvalue weighted by molar-refractivity contribution is 5.42. The maximum atomic E-state index is 5.98. The van der Waals surface area contributed by atoms with Crippen LogP contribution in [0.2, 0.25) is 0 Å². The maximum absolute atomic E-state index is 5.98. The van der Waals surface area contributed by atoms with Crippen molar-refractivity contribution < 1.29 is 4.74 Å². The molecule has 0 amide bonds. The van der Waals surface area contributed by atoms with Gasteiger partial charge >= 0.3 is 0 Å². The Bertz CT molecular complexity index is 592. The third kappa shape index (κ3) is 4.35. The SMILES string of the molecule is Cc1cc(Oc2ccc(CC(C)(C)C)cc2)cc(C)c1C. The molecule has 1 nitrogen and oxygen atoms in total. The summed E-state index contributed by atoms with van der Waals surface area (Å²) in [4.78, 5) is 0. The molecule has 0 radical (unpaired) electrons. The molecule has 112 valence electrons. The van der Waals surface area contributed by atoms with Crippen molar-refractivity contribution in [3.8, 4) is 11.5 Å². The molecule has 0 saturated heterocycles. The Balaban J connectivity index is 2.14. The molecule has 0 unspecified atom stereocenters. The first-order valence-electron chi connectivity index (χ1n) is 7.59. The molecule has 2 aromatic rings. The molecule has 21 heavy (non-hydrogen) atoms. The van der Waals surface area contributed by atoms with Gasteiger partial charge in [0.15, 0.2) is 0 Å². The van der Waals surface area contributed by atoms with Gasteiger partial charge in [0.2, 0.25) is 0 Å². The number of aryl methyl sites for hydroxylation is 2. The first-order valence-corrected chi connectivity index (χ1v) is 7.59. The topological polar surface area (TPSA) is 9.23 Å².